The number of hydrogen-bond donors (Lipinski definition) is 3. The van der Waals surface area contributed by atoms with Crippen LogP contribution >= 0.6 is 0 Å². The zero-order valence-corrected chi connectivity index (χ0v) is 29.7. The lowest BCUT2D eigenvalue weighted by molar-refractivity contribution is -0.142. The molecule has 1 aromatic rings. The molecule has 1 saturated heterocycles. The summed E-state index contributed by atoms with van der Waals surface area (Å²) in [5, 5.41) is 15.1. The van der Waals surface area contributed by atoms with Crippen molar-refractivity contribution >= 4 is 23.9 Å². The van der Waals surface area contributed by atoms with E-state index in [-0.39, 0.29) is 18.2 Å². The zero-order valence-electron chi connectivity index (χ0n) is 29.7. The average Bonchev–Trinajstić information content (AvgIpc) is 3.62. The van der Waals surface area contributed by atoms with Crippen molar-refractivity contribution in [1.29, 1.82) is 0 Å². The van der Waals surface area contributed by atoms with Gasteiger partial charge in [0.1, 0.15) is 6.04 Å². The number of aliphatic carboxylic acids is 1. The first-order valence-electron chi connectivity index (χ1n) is 18.4. The SMILES string of the molecule is CC/C=C\C/C=C\C/C=C\C/C=C\C/C=C\CCCC(=O)N[C@@H](CCCCNC(=O)C/C=C/c1ccc(CCN2CCCC2)nc1)C(=O)O. The number of likely N-dealkylation sites (tertiary alicyclic amines) is 1. The molecule has 0 aliphatic carbocycles. The number of carboxylic acid groups (broad SMARTS) is 1. The summed E-state index contributed by atoms with van der Waals surface area (Å²) in [7, 11) is 0. The molecule has 1 fully saturated rings. The van der Waals surface area contributed by atoms with Gasteiger partial charge in [0, 0.05) is 44.2 Å². The van der Waals surface area contributed by atoms with Gasteiger partial charge in [-0.25, -0.2) is 4.79 Å². The molecular weight excluding hydrogens is 612 g/mol. The minimum absolute atomic E-state index is 0.0814. The number of carboxylic acids is 1. The third kappa shape index (κ3) is 22.3. The van der Waals surface area contributed by atoms with Crippen molar-refractivity contribution in [3.63, 3.8) is 0 Å². The molecule has 2 heterocycles. The van der Waals surface area contributed by atoms with Gasteiger partial charge in [0.15, 0.2) is 0 Å². The smallest absolute Gasteiger partial charge is 0.326 e. The second-order valence-electron chi connectivity index (χ2n) is 12.4. The van der Waals surface area contributed by atoms with Gasteiger partial charge < -0.3 is 20.6 Å². The molecule has 3 N–H and O–H groups in total. The van der Waals surface area contributed by atoms with Gasteiger partial charge in [-0.3, -0.25) is 14.6 Å². The van der Waals surface area contributed by atoms with Crippen LogP contribution in [-0.2, 0) is 20.8 Å². The van der Waals surface area contributed by atoms with E-state index in [2.05, 4.69) is 94.3 Å². The van der Waals surface area contributed by atoms with Crippen molar-refractivity contribution in [3.8, 4) is 0 Å². The molecule has 268 valence electrons. The van der Waals surface area contributed by atoms with E-state index in [4.69, 9.17) is 0 Å². The quantitative estimate of drug-likeness (QED) is 0.0682. The first-order valence-corrected chi connectivity index (χ1v) is 18.4. The molecule has 0 bridgehead atoms. The first-order chi connectivity index (χ1) is 24.0. The molecule has 1 atom stereocenters. The van der Waals surface area contributed by atoms with Crippen LogP contribution in [0.15, 0.2) is 85.2 Å². The molecule has 1 aliphatic heterocycles. The highest BCUT2D eigenvalue weighted by Gasteiger charge is 2.19. The number of pyridine rings is 1. The van der Waals surface area contributed by atoms with E-state index in [1.807, 2.05) is 24.4 Å². The summed E-state index contributed by atoms with van der Waals surface area (Å²) in [5.74, 6) is -1.36. The summed E-state index contributed by atoms with van der Waals surface area (Å²) >= 11 is 0. The minimum atomic E-state index is -1.03. The Kier molecular flexibility index (Phi) is 23.4. The Morgan fingerprint density at radius 3 is 2.10 bits per heavy atom. The lowest BCUT2D eigenvalue weighted by atomic mass is 10.1. The molecule has 0 saturated carbocycles. The maximum absolute atomic E-state index is 12.3. The van der Waals surface area contributed by atoms with Crippen molar-refractivity contribution in [2.45, 2.75) is 109 Å². The molecule has 0 radical (unpaired) electrons. The summed E-state index contributed by atoms with van der Waals surface area (Å²) in [4.78, 5) is 43.2. The van der Waals surface area contributed by atoms with Gasteiger partial charge in [0.05, 0.1) is 0 Å². The maximum atomic E-state index is 12.3. The van der Waals surface area contributed by atoms with Crippen molar-refractivity contribution in [2.75, 3.05) is 26.2 Å². The number of unbranched alkanes of at least 4 members (excludes halogenated alkanes) is 2. The fourth-order valence-electron chi connectivity index (χ4n) is 5.31. The Bertz CT molecular complexity index is 1240. The Morgan fingerprint density at radius 1 is 0.837 bits per heavy atom. The molecule has 1 aliphatic rings. The van der Waals surface area contributed by atoms with Crippen LogP contribution in [0.25, 0.3) is 6.08 Å². The number of nitrogens with zero attached hydrogens (tertiary/aromatic N) is 2. The summed E-state index contributed by atoms with van der Waals surface area (Å²) in [6.07, 6.45) is 39.0. The monoisotopic (exact) mass is 672 g/mol. The summed E-state index contributed by atoms with van der Waals surface area (Å²) in [6.45, 7) is 6.05. The van der Waals surface area contributed by atoms with Crippen molar-refractivity contribution in [1.82, 2.24) is 20.5 Å². The molecule has 2 amide bonds. The predicted molar refractivity (Wildman–Crippen MR) is 202 cm³/mol. The van der Waals surface area contributed by atoms with Crippen LogP contribution in [0.5, 0.6) is 0 Å². The first kappa shape index (κ1) is 41.1. The van der Waals surface area contributed by atoms with Gasteiger partial charge in [0.25, 0.3) is 0 Å². The van der Waals surface area contributed by atoms with Gasteiger partial charge >= 0.3 is 5.97 Å². The van der Waals surface area contributed by atoms with Gasteiger partial charge in [-0.05, 0) is 102 Å². The van der Waals surface area contributed by atoms with Crippen LogP contribution < -0.4 is 10.6 Å². The van der Waals surface area contributed by atoms with E-state index in [1.165, 1.54) is 25.9 Å². The number of carbonyl (C=O) groups excluding carboxylic acids is 2. The van der Waals surface area contributed by atoms with Gasteiger partial charge in [-0.15, -0.1) is 0 Å². The lowest BCUT2D eigenvalue weighted by Gasteiger charge is -2.14. The molecule has 1 aromatic heterocycles. The number of allylic oxidation sites excluding steroid dienone is 10. The van der Waals surface area contributed by atoms with Gasteiger partial charge in [0.2, 0.25) is 11.8 Å². The van der Waals surface area contributed by atoms with E-state index in [0.717, 1.165) is 62.7 Å². The highest BCUT2D eigenvalue weighted by Crippen LogP contribution is 2.10. The highest BCUT2D eigenvalue weighted by atomic mass is 16.4. The standard InChI is InChI=1S/C41H60N4O4/c1-2-3-4-5-6-7-8-9-10-11-12-13-14-15-16-17-18-26-40(47)44-38(41(48)49)25-19-20-31-42-39(46)27-23-24-36-28-29-37(43-35-36)30-34-45-32-21-22-33-45/h3-4,6-7,9-10,12-13,15-16,23-24,28-29,35,38H,2,5,8,11,14,17-22,25-27,30-34H2,1H3,(H,42,46)(H,44,47)(H,48,49)/b4-3-,7-6-,10-9-,13-12-,16-15-,24-23+/t38-/m0/s1. The lowest BCUT2D eigenvalue weighted by Crippen LogP contribution is -2.40. The molecule has 8 heteroatoms. The molecule has 0 spiro atoms. The Morgan fingerprint density at radius 2 is 1.49 bits per heavy atom. The van der Waals surface area contributed by atoms with Crippen LogP contribution in [0.1, 0.15) is 108 Å². The third-order valence-corrected chi connectivity index (χ3v) is 8.15. The number of rotatable bonds is 26. The number of hydrogen-bond acceptors (Lipinski definition) is 5. The Balaban J connectivity index is 1.48. The molecule has 8 nitrogen and oxygen atoms in total. The van der Waals surface area contributed by atoms with Crippen LogP contribution in [-0.4, -0.2) is 65.0 Å². The Hall–Kier alpha value is -4.04. The van der Waals surface area contributed by atoms with Gasteiger partial charge in [-0.2, -0.15) is 0 Å². The largest absolute Gasteiger partial charge is 0.480 e. The van der Waals surface area contributed by atoms with Crippen molar-refractivity contribution in [3.05, 3.63) is 96.4 Å². The van der Waals surface area contributed by atoms with E-state index < -0.39 is 12.0 Å². The van der Waals surface area contributed by atoms with Crippen LogP contribution in [0.4, 0.5) is 0 Å². The van der Waals surface area contributed by atoms with Gasteiger partial charge in [-0.1, -0.05) is 85.9 Å². The normalized spacial score (nSPS) is 14.8. The highest BCUT2D eigenvalue weighted by molar-refractivity contribution is 5.83. The number of aromatic nitrogens is 1. The summed E-state index contributed by atoms with van der Waals surface area (Å²) < 4.78 is 0. The van der Waals surface area contributed by atoms with Crippen molar-refractivity contribution in [2.24, 2.45) is 0 Å². The molecule has 0 unspecified atom stereocenters. The summed E-state index contributed by atoms with van der Waals surface area (Å²) in [5.41, 5.74) is 2.05. The zero-order chi connectivity index (χ0) is 35.2. The number of carbonyl (C=O) groups is 3. The fourth-order valence-corrected chi connectivity index (χ4v) is 5.31. The van der Waals surface area contributed by atoms with Crippen LogP contribution in [0, 0.1) is 0 Å². The van der Waals surface area contributed by atoms with E-state index in [1.54, 1.807) is 0 Å². The topological polar surface area (TPSA) is 112 Å². The molecule has 0 aromatic carbocycles. The predicted octanol–water partition coefficient (Wildman–Crippen LogP) is 7.90. The maximum Gasteiger partial charge on any atom is 0.326 e. The second kappa shape index (κ2) is 27.9. The third-order valence-electron chi connectivity index (χ3n) is 8.15. The number of nitrogens with one attached hydrogen (secondary N) is 2. The Labute approximate surface area is 295 Å². The molecular formula is C41H60N4O4. The van der Waals surface area contributed by atoms with Crippen molar-refractivity contribution < 1.29 is 19.5 Å². The minimum Gasteiger partial charge on any atom is -0.480 e. The van der Waals surface area contributed by atoms with Crippen LogP contribution in [0.2, 0.25) is 0 Å². The molecule has 2 rings (SSSR count). The second-order valence-corrected chi connectivity index (χ2v) is 12.4. The van der Waals surface area contributed by atoms with E-state index >= 15 is 0 Å². The molecule has 49 heavy (non-hydrogen) atoms. The van der Waals surface area contributed by atoms with E-state index in [9.17, 15) is 19.5 Å². The fraction of sp³-hybridized carbons (Fsp3) is 0.512. The summed E-state index contributed by atoms with van der Waals surface area (Å²) in [6, 6.07) is 3.17. The average molecular weight is 673 g/mol. The van der Waals surface area contributed by atoms with Crippen LogP contribution in [0.3, 0.4) is 0 Å². The number of amides is 2. The van der Waals surface area contributed by atoms with E-state index in [0.29, 0.717) is 38.6 Å².